The molecule has 1 heterocycles. The van der Waals surface area contributed by atoms with E-state index in [0.29, 0.717) is 19.4 Å². The number of rotatable bonds is 16. The van der Waals surface area contributed by atoms with Gasteiger partial charge < -0.3 is 4.74 Å². The third-order valence-corrected chi connectivity index (χ3v) is 9.26. The summed E-state index contributed by atoms with van der Waals surface area (Å²) in [5, 5.41) is -0.958. The van der Waals surface area contributed by atoms with Crippen molar-refractivity contribution in [2.45, 2.75) is 121 Å². The molecule has 0 spiro atoms. The van der Waals surface area contributed by atoms with Crippen molar-refractivity contribution in [3.05, 3.63) is 0 Å². The maximum Gasteiger partial charge on any atom is 0.316 e. The Bertz CT molecular complexity index is 642. The molecule has 0 aromatic carbocycles. The van der Waals surface area contributed by atoms with Crippen LogP contribution in [0.1, 0.15) is 116 Å². The van der Waals surface area contributed by atoms with E-state index in [1.807, 2.05) is 0 Å². The van der Waals surface area contributed by atoms with Gasteiger partial charge in [-0.05, 0) is 31.6 Å². The van der Waals surface area contributed by atoms with Crippen LogP contribution in [0.3, 0.4) is 0 Å². The SMILES string of the molecule is CCCCCCCCCCCCCCCCOC(=O)C1CC2CCCS(=O)(=O)C2C1=O. The maximum atomic E-state index is 12.5. The first kappa shape index (κ1) is 26.3. The van der Waals surface area contributed by atoms with E-state index < -0.39 is 32.8 Å². The molecule has 5 nitrogen and oxygen atoms in total. The number of Topliss-reactive ketones (excluding diaryl/α,β-unsaturated/α-hetero) is 1. The van der Waals surface area contributed by atoms with E-state index in [4.69, 9.17) is 4.74 Å². The number of fused-ring (bicyclic) bond motifs is 1. The number of esters is 1. The summed E-state index contributed by atoms with van der Waals surface area (Å²) < 4.78 is 29.7. The fraction of sp³-hybridized carbons (Fsp3) is 0.920. The van der Waals surface area contributed by atoms with Gasteiger partial charge in [-0.15, -0.1) is 0 Å². The lowest BCUT2D eigenvalue weighted by Crippen LogP contribution is -2.38. The molecule has 2 aliphatic rings. The lowest BCUT2D eigenvalue weighted by atomic mass is 10.00. The quantitative estimate of drug-likeness (QED) is 0.167. The van der Waals surface area contributed by atoms with Gasteiger partial charge in [0.1, 0.15) is 11.2 Å². The monoisotopic (exact) mass is 456 g/mol. The first-order valence-electron chi connectivity index (χ1n) is 12.9. The van der Waals surface area contributed by atoms with Gasteiger partial charge in [-0.3, -0.25) is 9.59 Å². The molecule has 3 atom stereocenters. The molecule has 0 aromatic rings. The molecular weight excluding hydrogens is 412 g/mol. The van der Waals surface area contributed by atoms with Crippen LogP contribution in [0, 0.1) is 11.8 Å². The molecule has 0 bridgehead atoms. The fourth-order valence-electron chi connectivity index (χ4n) is 5.17. The highest BCUT2D eigenvalue weighted by Crippen LogP contribution is 2.40. The van der Waals surface area contributed by atoms with Gasteiger partial charge in [0.25, 0.3) is 0 Å². The van der Waals surface area contributed by atoms with Crippen LogP contribution in [0.25, 0.3) is 0 Å². The first-order chi connectivity index (χ1) is 15.0. The average Bonchev–Trinajstić information content (AvgIpc) is 3.08. The van der Waals surface area contributed by atoms with Crippen LogP contribution in [0.4, 0.5) is 0 Å². The molecule has 1 saturated carbocycles. The molecule has 31 heavy (non-hydrogen) atoms. The van der Waals surface area contributed by atoms with Crippen molar-refractivity contribution in [3.8, 4) is 0 Å². The summed E-state index contributed by atoms with van der Waals surface area (Å²) in [7, 11) is -3.38. The molecule has 2 fully saturated rings. The summed E-state index contributed by atoms with van der Waals surface area (Å²) >= 11 is 0. The van der Waals surface area contributed by atoms with Gasteiger partial charge in [-0.1, -0.05) is 90.4 Å². The van der Waals surface area contributed by atoms with E-state index in [1.54, 1.807) is 0 Å². The second kappa shape index (κ2) is 14.3. The normalized spacial score (nSPS) is 24.8. The zero-order valence-electron chi connectivity index (χ0n) is 19.6. The minimum atomic E-state index is -3.38. The van der Waals surface area contributed by atoms with Gasteiger partial charge in [0.05, 0.1) is 12.4 Å². The standard InChI is InChI=1S/C25H44O5S/c1-2-3-4-5-6-7-8-9-10-11-12-13-14-15-18-30-25(27)22-20-21-17-16-19-31(28,29)24(21)23(22)26/h21-22,24H,2-20H2,1H3. The van der Waals surface area contributed by atoms with Gasteiger partial charge in [0, 0.05) is 0 Å². The summed E-state index contributed by atoms with van der Waals surface area (Å²) in [6.45, 7) is 2.59. The largest absolute Gasteiger partial charge is 0.465 e. The van der Waals surface area contributed by atoms with E-state index >= 15 is 0 Å². The molecule has 0 radical (unpaired) electrons. The lowest BCUT2D eigenvalue weighted by molar-refractivity contribution is -0.151. The molecule has 6 heteroatoms. The molecule has 3 unspecified atom stereocenters. The minimum absolute atomic E-state index is 0.0702. The van der Waals surface area contributed by atoms with Crippen LogP contribution >= 0.6 is 0 Å². The molecule has 2 rings (SSSR count). The van der Waals surface area contributed by atoms with Crippen molar-refractivity contribution >= 4 is 21.6 Å². The molecule has 180 valence electrons. The Morgan fingerprint density at radius 1 is 0.871 bits per heavy atom. The minimum Gasteiger partial charge on any atom is -0.465 e. The zero-order chi connectivity index (χ0) is 22.5. The molecule has 1 aliphatic carbocycles. The van der Waals surface area contributed by atoms with Crippen LogP contribution in [-0.2, 0) is 24.2 Å². The van der Waals surface area contributed by atoms with Crippen LogP contribution in [0.15, 0.2) is 0 Å². The Hall–Kier alpha value is -0.910. The van der Waals surface area contributed by atoms with Crippen molar-refractivity contribution in [3.63, 3.8) is 0 Å². The molecule has 0 aromatic heterocycles. The molecule has 1 aliphatic heterocycles. The topological polar surface area (TPSA) is 77.5 Å². The number of sulfone groups is 1. The van der Waals surface area contributed by atoms with E-state index in [9.17, 15) is 18.0 Å². The van der Waals surface area contributed by atoms with Gasteiger partial charge in [0.15, 0.2) is 15.6 Å². The Labute approximate surface area is 190 Å². The van der Waals surface area contributed by atoms with Crippen LogP contribution in [0.2, 0.25) is 0 Å². The molecule has 1 saturated heterocycles. The number of unbranched alkanes of at least 4 members (excludes halogenated alkanes) is 13. The van der Waals surface area contributed by atoms with Crippen molar-refractivity contribution in [2.75, 3.05) is 12.4 Å². The summed E-state index contributed by atoms with van der Waals surface area (Å²) in [6, 6.07) is 0. The molecule has 0 amide bonds. The van der Waals surface area contributed by atoms with E-state index in [-0.39, 0.29) is 11.7 Å². The van der Waals surface area contributed by atoms with Gasteiger partial charge in [-0.25, -0.2) is 8.42 Å². The first-order valence-corrected chi connectivity index (χ1v) is 14.6. The highest BCUT2D eigenvalue weighted by atomic mass is 32.2. The maximum absolute atomic E-state index is 12.5. The van der Waals surface area contributed by atoms with Crippen LogP contribution in [-0.4, -0.2) is 37.8 Å². The highest BCUT2D eigenvalue weighted by molar-refractivity contribution is 7.92. The molecular formula is C25H44O5S. The third kappa shape index (κ3) is 8.86. The Morgan fingerprint density at radius 3 is 1.90 bits per heavy atom. The zero-order valence-corrected chi connectivity index (χ0v) is 20.4. The highest BCUT2D eigenvalue weighted by Gasteiger charge is 2.53. The van der Waals surface area contributed by atoms with Crippen LogP contribution in [0.5, 0.6) is 0 Å². The predicted octanol–water partition coefficient (Wildman–Crippen LogP) is 5.79. The van der Waals surface area contributed by atoms with Gasteiger partial charge in [0.2, 0.25) is 0 Å². The number of carbonyl (C=O) groups excluding carboxylic acids is 2. The number of carbonyl (C=O) groups is 2. The van der Waals surface area contributed by atoms with E-state index in [1.165, 1.54) is 70.6 Å². The molecule has 0 N–H and O–H groups in total. The van der Waals surface area contributed by atoms with Gasteiger partial charge in [-0.2, -0.15) is 0 Å². The van der Waals surface area contributed by atoms with E-state index in [2.05, 4.69) is 6.92 Å². The smallest absolute Gasteiger partial charge is 0.316 e. The van der Waals surface area contributed by atoms with Crippen molar-refractivity contribution in [2.24, 2.45) is 11.8 Å². The summed E-state index contributed by atoms with van der Waals surface area (Å²) in [5.41, 5.74) is 0. The summed E-state index contributed by atoms with van der Waals surface area (Å²) in [5.74, 6) is -1.92. The average molecular weight is 457 g/mol. The van der Waals surface area contributed by atoms with E-state index in [0.717, 1.165) is 25.7 Å². The second-order valence-corrected chi connectivity index (χ2v) is 11.9. The fourth-order valence-corrected chi connectivity index (χ4v) is 7.34. The number of ketones is 1. The van der Waals surface area contributed by atoms with Crippen molar-refractivity contribution < 1.29 is 22.7 Å². The Balaban J connectivity index is 1.44. The lowest BCUT2D eigenvalue weighted by Gasteiger charge is -2.23. The predicted molar refractivity (Wildman–Crippen MR) is 125 cm³/mol. The summed E-state index contributed by atoms with van der Waals surface area (Å²) in [4.78, 5) is 24.8. The Morgan fingerprint density at radius 2 is 1.39 bits per heavy atom. The Kier molecular flexibility index (Phi) is 12.1. The van der Waals surface area contributed by atoms with Crippen molar-refractivity contribution in [1.29, 1.82) is 0 Å². The third-order valence-electron chi connectivity index (χ3n) is 7.01. The number of ether oxygens (including phenoxy) is 1. The number of hydrogen-bond acceptors (Lipinski definition) is 5. The second-order valence-electron chi connectivity index (χ2n) is 9.64. The van der Waals surface area contributed by atoms with Crippen LogP contribution < -0.4 is 0 Å². The van der Waals surface area contributed by atoms with Crippen molar-refractivity contribution in [1.82, 2.24) is 0 Å². The van der Waals surface area contributed by atoms with Gasteiger partial charge >= 0.3 is 5.97 Å². The number of hydrogen-bond donors (Lipinski definition) is 0. The summed E-state index contributed by atoms with van der Waals surface area (Å²) in [6.07, 6.45) is 19.5.